The lowest BCUT2D eigenvalue weighted by molar-refractivity contribution is -0.680. The molecule has 0 aliphatic heterocycles. The molecule has 78 valence electrons. The third-order valence-electron chi connectivity index (χ3n) is 2.58. The van der Waals surface area contributed by atoms with Gasteiger partial charge in [-0.3, -0.25) is 0 Å². The van der Waals surface area contributed by atoms with E-state index in [0.29, 0.717) is 5.92 Å². The summed E-state index contributed by atoms with van der Waals surface area (Å²) >= 11 is 0. The van der Waals surface area contributed by atoms with Crippen molar-refractivity contribution >= 4 is 0 Å². The summed E-state index contributed by atoms with van der Waals surface area (Å²) in [6.07, 6.45) is 2.13. The van der Waals surface area contributed by atoms with Crippen LogP contribution in [-0.2, 0) is 12.5 Å². The van der Waals surface area contributed by atoms with Crippen molar-refractivity contribution in [3.05, 3.63) is 29.6 Å². The van der Waals surface area contributed by atoms with Crippen molar-refractivity contribution in [3.8, 4) is 0 Å². The van der Waals surface area contributed by atoms with Crippen LogP contribution in [0.2, 0.25) is 0 Å². The molecule has 0 spiro atoms. The van der Waals surface area contributed by atoms with Gasteiger partial charge in [0.05, 0.1) is 0 Å². The molecule has 0 atom stereocenters. The van der Waals surface area contributed by atoms with E-state index >= 15 is 0 Å². The van der Waals surface area contributed by atoms with Crippen LogP contribution in [0.25, 0.3) is 0 Å². The normalized spacial score (nSPS) is 12.2. The minimum atomic E-state index is 0.235. The molecule has 1 aromatic heterocycles. The largest absolute Gasteiger partial charge is 0.205 e. The van der Waals surface area contributed by atoms with E-state index in [2.05, 4.69) is 64.6 Å². The Kier molecular flexibility index (Phi) is 2.98. The molecule has 1 rings (SSSR count). The molecule has 1 heterocycles. The van der Waals surface area contributed by atoms with Crippen molar-refractivity contribution in [1.29, 1.82) is 0 Å². The Bertz CT molecular complexity index is 318. The smallest absolute Gasteiger partial charge is 0.187 e. The van der Waals surface area contributed by atoms with Crippen LogP contribution >= 0.6 is 0 Å². The summed E-state index contributed by atoms with van der Waals surface area (Å²) in [6, 6.07) is 4.38. The molecular weight excluding hydrogens is 170 g/mol. The van der Waals surface area contributed by atoms with Gasteiger partial charge in [0.25, 0.3) is 0 Å². The Hall–Kier alpha value is -0.850. The van der Waals surface area contributed by atoms with Gasteiger partial charge in [0, 0.05) is 17.5 Å². The van der Waals surface area contributed by atoms with Crippen molar-refractivity contribution in [3.63, 3.8) is 0 Å². The minimum absolute atomic E-state index is 0.235. The van der Waals surface area contributed by atoms with Gasteiger partial charge in [-0.1, -0.05) is 34.6 Å². The first-order chi connectivity index (χ1) is 6.34. The molecule has 1 aromatic rings. The average Bonchev–Trinajstić information content (AvgIpc) is 2.01. The van der Waals surface area contributed by atoms with E-state index in [9.17, 15) is 0 Å². The molecule has 0 saturated carbocycles. The Labute approximate surface area is 87.8 Å². The van der Waals surface area contributed by atoms with E-state index < -0.39 is 0 Å². The zero-order valence-electron chi connectivity index (χ0n) is 10.3. The standard InChI is InChI=1S/C13H22N/c1-10(2)12-11(13(3,4)5)8-7-9-14(12)6/h7-10H,1-6H3/q+1. The summed E-state index contributed by atoms with van der Waals surface area (Å²) < 4.78 is 2.24. The van der Waals surface area contributed by atoms with Gasteiger partial charge in [0.1, 0.15) is 7.05 Å². The predicted molar refractivity (Wildman–Crippen MR) is 60.4 cm³/mol. The number of aromatic nitrogens is 1. The number of hydrogen-bond acceptors (Lipinski definition) is 0. The van der Waals surface area contributed by atoms with E-state index in [-0.39, 0.29) is 5.41 Å². The molecule has 0 aliphatic rings. The maximum absolute atomic E-state index is 2.27. The highest BCUT2D eigenvalue weighted by Gasteiger charge is 2.25. The van der Waals surface area contributed by atoms with Crippen molar-refractivity contribution in [2.45, 2.75) is 46.0 Å². The van der Waals surface area contributed by atoms with Crippen LogP contribution in [-0.4, -0.2) is 0 Å². The highest BCUT2D eigenvalue weighted by Crippen LogP contribution is 2.27. The fraction of sp³-hybridized carbons (Fsp3) is 0.615. The third kappa shape index (κ3) is 2.14. The molecule has 1 heteroatoms. The van der Waals surface area contributed by atoms with Gasteiger partial charge in [-0.05, 0) is 11.5 Å². The van der Waals surface area contributed by atoms with E-state index in [0.717, 1.165) is 0 Å². The summed E-state index contributed by atoms with van der Waals surface area (Å²) in [6.45, 7) is 11.3. The predicted octanol–water partition coefficient (Wildman–Crippen LogP) is 2.93. The zero-order valence-corrected chi connectivity index (χ0v) is 10.3. The van der Waals surface area contributed by atoms with Gasteiger partial charge in [-0.2, -0.15) is 0 Å². The fourth-order valence-corrected chi connectivity index (χ4v) is 1.98. The van der Waals surface area contributed by atoms with Crippen molar-refractivity contribution < 1.29 is 4.57 Å². The van der Waals surface area contributed by atoms with Crippen LogP contribution in [0.5, 0.6) is 0 Å². The molecule has 0 aromatic carbocycles. The number of rotatable bonds is 1. The van der Waals surface area contributed by atoms with Crippen LogP contribution in [0, 0.1) is 0 Å². The first kappa shape index (κ1) is 11.2. The summed E-state index contributed by atoms with van der Waals surface area (Å²) in [7, 11) is 2.13. The van der Waals surface area contributed by atoms with E-state index in [4.69, 9.17) is 0 Å². The van der Waals surface area contributed by atoms with Crippen LogP contribution < -0.4 is 4.57 Å². The molecule has 14 heavy (non-hydrogen) atoms. The quantitative estimate of drug-likeness (QED) is 0.602. The van der Waals surface area contributed by atoms with Gasteiger partial charge in [-0.25, -0.2) is 4.57 Å². The lowest BCUT2D eigenvalue weighted by atomic mass is 9.83. The van der Waals surface area contributed by atoms with Gasteiger partial charge in [0.15, 0.2) is 11.9 Å². The average molecular weight is 192 g/mol. The molecular formula is C13H22N+. The molecule has 0 N–H and O–H groups in total. The molecule has 0 bridgehead atoms. The number of hydrogen-bond donors (Lipinski definition) is 0. The monoisotopic (exact) mass is 192 g/mol. The lowest BCUT2D eigenvalue weighted by Crippen LogP contribution is -2.37. The highest BCUT2D eigenvalue weighted by atomic mass is 14.9. The minimum Gasteiger partial charge on any atom is -0.205 e. The third-order valence-corrected chi connectivity index (χ3v) is 2.58. The summed E-state index contributed by atoms with van der Waals surface area (Å²) in [4.78, 5) is 0. The SMILES string of the molecule is CC(C)c1c(C(C)(C)C)ccc[n+]1C. The first-order valence-electron chi connectivity index (χ1n) is 5.33. The van der Waals surface area contributed by atoms with Gasteiger partial charge in [-0.15, -0.1) is 0 Å². The summed E-state index contributed by atoms with van der Waals surface area (Å²) in [5.74, 6) is 0.579. The fourth-order valence-electron chi connectivity index (χ4n) is 1.98. The number of aryl methyl sites for hydroxylation is 1. The van der Waals surface area contributed by atoms with Gasteiger partial charge in [0.2, 0.25) is 0 Å². The van der Waals surface area contributed by atoms with Gasteiger partial charge < -0.3 is 0 Å². The molecule has 1 nitrogen and oxygen atoms in total. The van der Waals surface area contributed by atoms with E-state index in [1.54, 1.807) is 0 Å². The van der Waals surface area contributed by atoms with Crippen molar-refractivity contribution in [1.82, 2.24) is 0 Å². The summed E-state index contributed by atoms with van der Waals surface area (Å²) in [5, 5.41) is 0. The maximum atomic E-state index is 2.27. The molecule has 0 amide bonds. The van der Waals surface area contributed by atoms with Crippen LogP contribution in [0.3, 0.4) is 0 Å². The van der Waals surface area contributed by atoms with Gasteiger partial charge >= 0.3 is 0 Å². The first-order valence-corrected chi connectivity index (χ1v) is 5.33. The second kappa shape index (κ2) is 3.72. The number of pyridine rings is 1. The number of nitrogens with zero attached hydrogens (tertiary/aromatic N) is 1. The Morgan fingerprint density at radius 3 is 2.14 bits per heavy atom. The second-order valence-corrected chi connectivity index (χ2v) is 5.32. The maximum Gasteiger partial charge on any atom is 0.187 e. The van der Waals surface area contributed by atoms with E-state index in [1.807, 2.05) is 0 Å². The highest BCUT2D eigenvalue weighted by molar-refractivity contribution is 5.25. The molecule has 0 aliphatic carbocycles. The van der Waals surface area contributed by atoms with Crippen LogP contribution in [0.1, 0.15) is 51.8 Å². The molecule has 0 unspecified atom stereocenters. The van der Waals surface area contributed by atoms with E-state index in [1.165, 1.54) is 11.3 Å². The zero-order chi connectivity index (χ0) is 10.9. The Balaban J connectivity index is 3.36. The topological polar surface area (TPSA) is 3.88 Å². The lowest BCUT2D eigenvalue weighted by Gasteiger charge is -2.21. The van der Waals surface area contributed by atoms with Crippen molar-refractivity contribution in [2.75, 3.05) is 0 Å². The van der Waals surface area contributed by atoms with Crippen LogP contribution in [0.4, 0.5) is 0 Å². The second-order valence-electron chi connectivity index (χ2n) is 5.32. The van der Waals surface area contributed by atoms with Crippen LogP contribution in [0.15, 0.2) is 18.3 Å². The molecule has 0 radical (unpaired) electrons. The molecule has 0 saturated heterocycles. The van der Waals surface area contributed by atoms with Crippen molar-refractivity contribution in [2.24, 2.45) is 7.05 Å². The molecule has 0 fully saturated rings. The Morgan fingerprint density at radius 1 is 1.21 bits per heavy atom. The Morgan fingerprint density at radius 2 is 1.79 bits per heavy atom. The summed E-state index contributed by atoms with van der Waals surface area (Å²) in [5.41, 5.74) is 3.14.